The standard InChI is InChI=1S/C25H30N4O4.C19H24N2O3/c1-16-13-20(28-29(16)4)24(31)26-15-25(2,3)18-8-10-19(11-9-18)27-23(30)17-7-12-21(32-5)22(14-17)33-6;1-19(2,12-20)14-6-8-15(9-7-14)21-18(22)13-5-10-16(23-3)17(11-13)24-4/h7-14H,15H2,1-6H3,(H,26,31)(H,27,30);5-11H,12,20H2,1-4H3,(H,21,22). The molecule has 0 aliphatic carbocycles. The van der Waals surface area contributed by atoms with Crippen molar-refractivity contribution in [3.63, 3.8) is 0 Å². The predicted octanol–water partition coefficient (Wildman–Crippen LogP) is 6.90. The van der Waals surface area contributed by atoms with Gasteiger partial charge in [0.25, 0.3) is 17.7 Å². The van der Waals surface area contributed by atoms with Gasteiger partial charge in [-0.2, -0.15) is 5.10 Å². The summed E-state index contributed by atoms with van der Waals surface area (Å²) >= 11 is 0. The molecule has 0 atom stereocenters. The van der Waals surface area contributed by atoms with Crippen LogP contribution < -0.4 is 40.6 Å². The highest BCUT2D eigenvalue weighted by Gasteiger charge is 2.23. The summed E-state index contributed by atoms with van der Waals surface area (Å²) in [6.07, 6.45) is 0. The van der Waals surface area contributed by atoms with Crippen molar-refractivity contribution in [1.82, 2.24) is 15.1 Å². The second kappa shape index (κ2) is 19.0. The smallest absolute Gasteiger partial charge is 0.271 e. The fourth-order valence-corrected chi connectivity index (χ4v) is 5.65. The Kier molecular flexibility index (Phi) is 14.5. The average Bonchev–Trinajstić information content (AvgIpc) is 3.56. The Bertz CT molecular complexity index is 2140. The molecule has 0 aliphatic heterocycles. The first-order valence-corrected chi connectivity index (χ1v) is 18.3. The number of hydrogen-bond acceptors (Lipinski definition) is 9. The van der Waals surface area contributed by atoms with E-state index in [0.717, 1.165) is 22.5 Å². The van der Waals surface area contributed by atoms with Crippen molar-refractivity contribution in [3.8, 4) is 23.0 Å². The average molecular weight is 779 g/mol. The summed E-state index contributed by atoms with van der Waals surface area (Å²) in [6, 6.07) is 27.1. The van der Waals surface area contributed by atoms with Crippen molar-refractivity contribution < 1.29 is 33.3 Å². The van der Waals surface area contributed by atoms with Gasteiger partial charge in [-0.25, -0.2) is 0 Å². The summed E-state index contributed by atoms with van der Waals surface area (Å²) in [5.41, 5.74) is 11.2. The molecule has 1 aromatic heterocycles. The highest BCUT2D eigenvalue weighted by molar-refractivity contribution is 6.05. The summed E-state index contributed by atoms with van der Waals surface area (Å²) in [4.78, 5) is 37.5. The number of carbonyl (C=O) groups is 3. The number of aryl methyl sites for hydroxylation is 2. The first-order valence-electron chi connectivity index (χ1n) is 18.3. The molecule has 57 heavy (non-hydrogen) atoms. The van der Waals surface area contributed by atoms with E-state index in [1.807, 2.05) is 76.3 Å². The lowest BCUT2D eigenvalue weighted by atomic mass is 9.84. The van der Waals surface area contributed by atoms with Gasteiger partial charge in [0.05, 0.1) is 28.4 Å². The van der Waals surface area contributed by atoms with Crippen molar-refractivity contribution in [3.05, 3.63) is 125 Å². The number of ether oxygens (including phenoxy) is 4. The number of aromatic nitrogens is 2. The number of nitrogens with one attached hydrogen (secondary N) is 3. The van der Waals surface area contributed by atoms with Crippen molar-refractivity contribution in [2.45, 2.75) is 45.4 Å². The molecule has 0 spiro atoms. The highest BCUT2D eigenvalue weighted by atomic mass is 16.5. The van der Waals surface area contributed by atoms with Crippen molar-refractivity contribution in [2.24, 2.45) is 12.8 Å². The zero-order valence-corrected chi connectivity index (χ0v) is 34.4. The molecule has 5 rings (SSSR count). The molecule has 13 heteroatoms. The normalized spacial score (nSPS) is 11.1. The van der Waals surface area contributed by atoms with Gasteiger partial charge in [0.2, 0.25) is 0 Å². The number of benzene rings is 4. The topological polar surface area (TPSA) is 168 Å². The summed E-state index contributed by atoms with van der Waals surface area (Å²) in [6.45, 7) is 11.2. The molecule has 5 aromatic rings. The number of methoxy groups -OCH3 is 4. The number of amides is 3. The van der Waals surface area contributed by atoms with Gasteiger partial charge in [0.15, 0.2) is 23.0 Å². The van der Waals surface area contributed by atoms with Crippen LogP contribution in [0.5, 0.6) is 23.0 Å². The van der Waals surface area contributed by atoms with E-state index in [-0.39, 0.29) is 28.6 Å². The van der Waals surface area contributed by atoms with E-state index in [4.69, 9.17) is 24.7 Å². The third-order valence-electron chi connectivity index (χ3n) is 9.69. The van der Waals surface area contributed by atoms with E-state index in [1.54, 1.807) is 61.4 Å². The van der Waals surface area contributed by atoms with Crippen LogP contribution in [-0.2, 0) is 17.9 Å². The van der Waals surface area contributed by atoms with Crippen molar-refractivity contribution in [2.75, 3.05) is 52.2 Å². The summed E-state index contributed by atoms with van der Waals surface area (Å²) in [5.74, 6) is 1.50. The Morgan fingerprint density at radius 2 is 1.04 bits per heavy atom. The highest BCUT2D eigenvalue weighted by Crippen LogP contribution is 2.30. The minimum absolute atomic E-state index is 0.0914. The third-order valence-corrected chi connectivity index (χ3v) is 9.69. The molecule has 0 aliphatic rings. The van der Waals surface area contributed by atoms with Gasteiger partial charge < -0.3 is 40.6 Å². The van der Waals surface area contributed by atoms with Crippen LogP contribution in [0.15, 0.2) is 91.0 Å². The monoisotopic (exact) mass is 778 g/mol. The Hall–Kier alpha value is -6.34. The number of anilines is 2. The molecule has 0 bridgehead atoms. The molecule has 0 saturated carbocycles. The van der Waals surface area contributed by atoms with Gasteiger partial charge >= 0.3 is 0 Å². The molecule has 302 valence electrons. The minimum Gasteiger partial charge on any atom is -0.493 e. The molecule has 0 radical (unpaired) electrons. The lowest BCUT2D eigenvalue weighted by Crippen LogP contribution is -2.36. The van der Waals surface area contributed by atoms with Crippen LogP contribution in [0.25, 0.3) is 0 Å². The van der Waals surface area contributed by atoms with Crippen LogP contribution in [0.2, 0.25) is 0 Å². The number of hydrogen-bond donors (Lipinski definition) is 4. The van der Waals surface area contributed by atoms with E-state index in [0.29, 0.717) is 58.6 Å². The Labute approximate surface area is 334 Å². The van der Waals surface area contributed by atoms with Gasteiger partial charge in [0, 0.05) is 59.2 Å². The number of nitrogens with two attached hydrogens (primary N) is 1. The van der Waals surface area contributed by atoms with Crippen LogP contribution in [0, 0.1) is 6.92 Å². The van der Waals surface area contributed by atoms with Gasteiger partial charge in [0.1, 0.15) is 5.69 Å². The maximum Gasteiger partial charge on any atom is 0.271 e. The van der Waals surface area contributed by atoms with Crippen LogP contribution in [-0.4, -0.2) is 69.0 Å². The number of carbonyl (C=O) groups excluding carboxylic acids is 3. The fraction of sp³-hybridized carbons (Fsp3) is 0.318. The molecule has 3 amide bonds. The number of rotatable bonds is 14. The predicted molar refractivity (Wildman–Crippen MR) is 223 cm³/mol. The summed E-state index contributed by atoms with van der Waals surface area (Å²) < 4.78 is 22.6. The molecule has 1 heterocycles. The Morgan fingerprint density at radius 3 is 1.40 bits per heavy atom. The van der Waals surface area contributed by atoms with E-state index in [2.05, 4.69) is 34.9 Å². The van der Waals surface area contributed by atoms with Crippen LogP contribution in [0.1, 0.15) is 75.7 Å². The quantitative estimate of drug-likeness (QED) is 0.0938. The molecule has 5 N–H and O–H groups in total. The van der Waals surface area contributed by atoms with Gasteiger partial charge in [-0.15, -0.1) is 0 Å². The fourth-order valence-electron chi connectivity index (χ4n) is 5.65. The molecule has 4 aromatic carbocycles. The summed E-state index contributed by atoms with van der Waals surface area (Å²) in [7, 11) is 7.98. The van der Waals surface area contributed by atoms with Gasteiger partial charge in [-0.3, -0.25) is 19.1 Å². The second-order valence-corrected chi connectivity index (χ2v) is 14.7. The Morgan fingerprint density at radius 1 is 0.614 bits per heavy atom. The first kappa shape index (κ1) is 43.4. The largest absolute Gasteiger partial charge is 0.493 e. The molecular formula is C44H54N6O7. The van der Waals surface area contributed by atoms with E-state index in [1.165, 1.54) is 14.2 Å². The summed E-state index contributed by atoms with van der Waals surface area (Å²) in [5, 5.41) is 12.9. The van der Waals surface area contributed by atoms with Crippen LogP contribution in [0.3, 0.4) is 0 Å². The third kappa shape index (κ3) is 11.1. The van der Waals surface area contributed by atoms with Crippen molar-refractivity contribution >= 4 is 29.1 Å². The Balaban J connectivity index is 0.000000266. The van der Waals surface area contributed by atoms with E-state index < -0.39 is 0 Å². The number of nitrogens with zero attached hydrogens (tertiary/aromatic N) is 2. The van der Waals surface area contributed by atoms with Gasteiger partial charge in [-0.1, -0.05) is 52.0 Å². The molecule has 13 nitrogen and oxygen atoms in total. The van der Waals surface area contributed by atoms with Crippen LogP contribution in [0.4, 0.5) is 11.4 Å². The zero-order valence-electron chi connectivity index (χ0n) is 34.4. The molecule has 0 unspecified atom stereocenters. The zero-order chi connectivity index (χ0) is 41.9. The molecule has 0 saturated heterocycles. The molecular weight excluding hydrogens is 725 g/mol. The second-order valence-electron chi connectivity index (χ2n) is 14.7. The lowest BCUT2D eigenvalue weighted by Gasteiger charge is -2.25. The SMILES string of the molecule is COc1ccc(C(=O)Nc2ccc(C(C)(C)CN)cc2)cc1OC.COc1ccc(C(=O)Nc2ccc(C(C)(C)CNC(=O)c3cc(C)n(C)n3)cc2)cc1OC. The first-order chi connectivity index (χ1) is 27.0. The van der Waals surface area contributed by atoms with Crippen molar-refractivity contribution in [1.29, 1.82) is 0 Å². The van der Waals surface area contributed by atoms with Crippen LogP contribution >= 0.6 is 0 Å². The maximum absolute atomic E-state index is 12.6. The minimum atomic E-state index is -0.314. The maximum atomic E-state index is 12.6. The molecule has 0 fully saturated rings. The van der Waals surface area contributed by atoms with Gasteiger partial charge in [-0.05, 0) is 84.8 Å². The lowest BCUT2D eigenvalue weighted by molar-refractivity contribution is 0.0938. The van der Waals surface area contributed by atoms with E-state index in [9.17, 15) is 14.4 Å². The van der Waals surface area contributed by atoms with E-state index >= 15 is 0 Å².